The van der Waals surface area contributed by atoms with Gasteiger partial charge in [0.2, 0.25) is 0 Å². The lowest BCUT2D eigenvalue weighted by atomic mass is 10.2. The molecule has 106 valence electrons. The van der Waals surface area contributed by atoms with Gasteiger partial charge in [-0.3, -0.25) is 0 Å². The Morgan fingerprint density at radius 3 is 2.44 bits per heavy atom. The molecule has 0 rings (SSSR count). The fraction of sp³-hybridized carbons (Fsp3) is 0.643. The topological polar surface area (TPSA) is 55.8 Å². The maximum Gasteiger partial charge on any atom is 0.334 e. The SMILES string of the molecule is C=CCOC(=O)C(C)O.C=COCCCCCC. The predicted octanol–water partition coefficient (Wildman–Crippen LogP) is 2.82. The van der Waals surface area contributed by atoms with E-state index in [1.807, 2.05) is 0 Å². The van der Waals surface area contributed by atoms with Gasteiger partial charge in [-0.2, -0.15) is 0 Å². The van der Waals surface area contributed by atoms with E-state index in [1.54, 1.807) is 0 Å². The molecular formula is C14H26O4. The lowest BCUT2D eigenvalue weighted by Crippen LogP contribution is -2.19. The standard InChI is InChI=1S/C8H16O.C6H10O3/c1-3-5-6-7-8-9-4-2;1-3-4-9-6(8)5(2)7/h4H,2-3,5-8H2,1H3;3,5,7H,1,4H2,2H3. The van der Waals surface area contributed by atoms with Gasteiger partial charge >= 0.3 is 5.97 Å². The normalized spacial score (nSPS) is 10.6. The zero-order valence-electron chi connectivity index (χ0n) is 11.6. The lowest BCUT2D eigenvalue weighted by Gasteiger charge is -2.01. The molecule has 1 unspecified atom stereocenters. The van der Waals surface area contributed by atoms with Gasteiger partial charge in [0.25, 0.3) is 0 Å². The molecule has 0 radical (unpaired) electrons. The quantitative estimate of drug-likeness (QED) is 0.299. The van der Waals surface area contributed by atoms with Crippen LogP contribution < -0.4 is 0 Å². The van der Waals surface area contributed by atoms with Crippen molar-refractivity contribution >= 4 is 5.97 Å². The third-order valence-electron chi connectivity index (χ3n) is 1.92. The Morgan fingerprint density at radius 2 is 2.00 bits per heavy atom. The summed E-state index contributed by atoms with van der Waals surface area (Å²) < 4.78 is 9.39. The molecular weight excluding hydrogens is 232 g/mol. The van der Waals surface area contributed by atoms with Crippen LogP contribution in [0.3, 0.4) is 0 Å². The number of esters is 1. The van der Waals surface area contributed by atoms with Gasteiger partial charge in [0.15, 0.2) is 0 Å². The van der Waals surface area contributed by atoms with Gasteiger partial charge in [-0.05, 0) is 13.3 Å². The number of ether oxygens (including phenoxy) is 2. The summed E-state index contributed by atoms with van der Waals surface area (Å²) in [6.45, 7) is 11.3. The van der Waals surface area contributed by atoms with Crippen LogP contribution in [-0.4, -0.2) is 30.4 Å². The summed E-state index contributed by atoms with van der Waals surface area (Å²) in [6, 6.07) is 0. The molecule has 0 bridgehead atoms. The summed E-state index contributed by atoms with van der Waals surface area (Å²) in [6.07, 6.45) is 6.97. The minimum Gasteiger partial charge on any atom is -0.502 e. The van der Waals surface area contributed by atoms with Crippen molar-refractivity contribution in [3.05, 3.63) is 25.5 Å². The molecule has 4 heteroatoms. The highest BCUT2D eigenvalue weighted by Crippen LogP contribution is 1.98. The Morgan fingerprint density at radius 1 is 1.33 bits per heavy atom. The molecule has 0 aliphatic heterocycles. The molecule has 0 aromatic carbocycles. The van der Waals surface area contributed by atoms with E-state index < -0.39 is 12.1 Å². The summed E-state index contributed by atoms with van der Waals surface area (Å²) in [7, 11) is 0. The third kappa shape index (κ3) is 17.1. The summed E-state index contributed by atoms with van der Waals surface area (Å²) in [4.78, 5) is 10.4. The summed E-state index contributed by atoms with van der Waals surface area (Å²) in [5, 5.41) is 8.54. The molecule has 0 aromatic rings. The first-order valence-corrected chi connectivity index (χ1v) is 6.28. The number of aliphatic hydroxyl groups is 1. The van der Waals surface area contributed by atoms with Gasteiger partial charge in [0.05, 0.1) is 12.9 Å². The second kappa shape index (κ2) is 15.7. The van der Waals surface area contributed by atoms with Crippen molar-refractivity contribution in [2.75, 3.05) is 13.2 Å². The van der Waals surface area contributed by atoms with Crippen LogP contribution in [0.4, 0.5) is 0 Å². The molecule has 0 aromatic heterocycles. The van der Waals surface area contributed by atoms with E-state index in [9.17, 15) is 4.79 Å². The van der Waals surface area contributed by atoms with Gasteiger partial charge in [-0.1, -0.05) is 45.4 Å². The average Bonchev–Trinajstić information content (AvgIpc) is 2.36. The highest BCUT2D eigenvalue weighted by molar-refractivity contribution is 5.73. The maximum absolute atomic E-state index is 10.4. The Kier molecular flexibility index (Phi) is 16.6. The van der Waals surface area contributed by atoms with Crippen molar-refractivity contribution in [1.82, 2.24) is 0 Å². The summed E-state index contributed by atoms with van der Waals surface area (Å²) in [5.74, 6) is -0.616. The molecule has 0 heterocycles. The van der Waals surface area contributed by atoms with Crippen LogP contribution in [-0.2, 0) is 14.3 Å². The number of unbranched alkanes of at least 4 members (excludes halogenated alkanes) is 3. The number of hydrogen-bond acceptors (Lipinski definition) is 4. The number of hydrogen-bond donors (Lipinski definition) is 1. The Labute approximate surface area is 110 Å². The molecule has 1 N–H and O–H groups in total. The minimum atomic E-state index is -1.04. The van der Waals surface area contributed by atoms with Crippen LogP contribution >= 0.6 is 0 Å². The second-order valence-corrected chi connectivity index (χ2v) is 3.69. The largest absolute Gasteiger partial charge is 0.502 e. The minimum absolute atomic E-state index is 0.156. The van der Waals surface area contributed by atoms with Gasteiger partial charge in [-0.15, -0.1) is 0 Å². The highest BCUT2D eigenvalue weighted by atomic mass is 16.5. The number of rotatable bonds is 9. The molecule has 18 heavy (non-hydrogen) atoms. The van der Waals surface area contributed by atoms with E-state index in [0.29, 0.717) is 0 Å². The van der Waals surface area contributed by atoms with Crippen LogP contribution in [0.1, 0.15) is 39.5 Å². The molecule has 0 amide bonds. The second-order valence-electron chi connectivity index (χ2n) is 3.69. The van der Waals surface area contributed by atoms with Crippen LogP contribution in [0.25, 0.3) is 0 Å². The first kappa shape index (κ1) is 19.1. The van der Waals surface area contributed by atoms with Gasteiger partial charge < -0.3 is 14.6 Å². The molecule has 1 atom stereocenters. The molecule has 0 fully saturated rings. The number of aliphatic hydroxyl groups excluding tert-OH is 1. The molecule has 0 saturated heterocycles. The van der Waals surface area contributed by atoms with E-state index >= 15 is 0 Å². The van der Waals surface area contributed by atoms with Crippen molar-refractivity contribution in [1.29, 1.82) is 0 Å². The van der Waals surface area contributed by atoms with Crippen LogP contribution in [0.15, 0.2) is 25.5 Å². The zero-order chi connectivity index (χ0) is 14.2. The van der Waals surface area contributed by atoms with Crippen molar-refractivity contribution in [3.8, 4) is 0 Å². The fourth-order valence-corrected chi connectivity index (χ4v) is 0.957. The van der Waals surface area contributed by atoms with Crippen molar-refractivity contribution in [2.24, 2.45) is 0 Å². The van der Waals surface area contributed by atoms with Gasteiger partial charge in [0, 0.05) is 0 Å². The van der Waals surface area contributed by atoms with Gasteiger partial charge in [0.1, 0.15) is 12.7 Å². The van der Waals surface area contributed by atoms with E-state index in [2.05, 4.69) is 24.8 Å². The molecule has 0 spiro atoms. The predicted molar refractivity (Wildman–Crippen MR) is 73.1 cm³/mol. The Bertz CT molecular complexity index is 212. The molecule has 0 aliphatic carbocycles. The van der Waals surface area contributed by atoms with Crippen molar-refractivity contribution < 1.29 is 19.4 Å². The Balaban J connectivity index is 0. The number of carbonyl (C=O) groups excluding carboxylic acids is 1. The first-order valence-electron chi connectivity index (χ1n) is 6.28. The fourth-order valence-electron chi connectivity index (χ4n) is 0.957. The highest BCUT2D eigenvalue weighted by Gasteiger charge is 2.07. The summed E-state index contributed by atoms with van der Waals surface area (Å²) in [5.41, 5.74) is 0. The lowest BCUT2D eigenvalue weighted by molar-refractivity contribution is -0.151. The molecule has 0 aliphatic rings. The monoisotopic (exact) mass is 258 g/mol. The van der Waals surface area contributed by atoms with E-state index in [0.717, 1.165) is 6.61 Å². The van der Waals surface area contributed by atoms with Crippen LogP contribution in [0.5, 0.6) is 0 Å². The Hall–Kier alpha value is -1.29. The van der Waals surface area contributed by atoms with Crippen molar-refractivity contribution in [2.45, 2.75) is 45.6 Å². The number of carbonyl (C=O) groups is 1. The summed E-state index contributed by atoms with van der Waals surface area (Å²) >= 11 is 0. The first-order chi connectivity index (χ1) is 8.59. The average molecular weight is 258 g/mol. The molecule has 4 nitrogen and oxygen atoms in total. The third-order valence-corrected chi connectivity index (χ3v) is 1.92. The zero-order valence-corrected chi connectivity index (χ0v) is 11.6. The van der Waals surface area contributed by atoms with Crippen LogP contribution in [0, 0.1) is 0 Å². The smallest absolute Gasteiger partial charge is 0.334 e. The molecule has 0 saturated carbocycles. The van der Waals surface area contributed by atoms with E-state index in [1.165, 1.54) is 44.9 Å². The van der Waals surface area contributed by atoms with Crippen LogP contribution in [0.2, 0.25) is 0 Å². The van der Waals surface area contributed by atoms with Crippen molar-refractivity contribution in [3.63, 3.8) is 0 Å². The maximum atomic E-state index is 10.4. The van der Waals surface area contributed by atoms with E-state index in [-0.39, 0.29) is 6.61 Å². The van der Waals surface area contributed by atoms with Gasteiger partial charge in [-0.25, -0.2) is 4.79 Å². The van der Waals surface area contributed by atoms with E-state index in [4.69, 9.17) is 9.84 Å².